The SMILES string of the molecule is Cc1ccc(CNCCSc2nnnn2-c2ccccc2)s1.Cl. The predicted octanol–water partition coefficient (Wildman–Crippen LogP) is 3.34. The third-order valence-electron chi connectivity index (χ3n) is 3.05. The third kappa shape index (κ3) is 5.04. The summed E-state index contributed by atoms with van der Waals surface area (Å²) in [6.45, 7) is 3.97. The molecule has 0 radical (unpaired) electrons. The quantitative estimate of drug-likeness (QED) is 0.512. The average Bonchev–Trinajstić information content (AvgIpc) is 3.17. The van der Waals surface area contributed by atoms with E-state index in [1.165, 1.54) is 9.75 Å². The number of benzene rings is 1. The van der Waals surface area contributed by atoms with E-state index in [2.05, 4.69) is 39.9 Å². The van der Waals surface area contributed by atoms with E-state index in [-0.39, 0.29) is 12.4 Å². The molecule has 0 amide bonds. The zero-order chi connectivity index (χ0) is 15.2. The third-order valence-corrected chi connectivity index (χ3v) is 4.97. The molecule has 0 spiro atoms. The Hall–Kier alpha value is -1.41. The van der Waals surface area contributed by atoms with Gasteiger partial charge in [0.2, 0.25) is 5.16 Å². The molecular formula is C15H18ClN5S2. The van der Waals surface area contributed by atoms with Crippen molar-refractivity contribution in [3.8, 4) is 5.69 Å². The van der Waals surface area contributed by atoms with Gasteiger partial charge in [-0.25, -0.2) is 0 Å². The van der Waals surface area contributed by atoms with Gasteiger partial charge in [0.1, 0.15) is 0 Å². The summed E-state index contributed by atoms with van der Waals surface area (Å²) in [5.41, 5.74) is 0.983. The molecule has 3 rings (SSSR count). The molecule has 5 nitrogen and oxygen atoms in total. The largest absolute Gasteiger partial charge is 0.311 e. The van der Waals surface area contributed by atoms with E-state index < -0.39 is 0 Å². The summed E-state index contributed by atoms with van der Waals surface area (Å²) < 4.78 is 1.77. The number of thioether (sulfide) groups is 1. The van der Waals surface area contributed by atoms with Crippen LogP contribution < -0.4 is 5.32 Å². The first-order valence-electron chi connectivity index (χ1n) is 7.05. The number of tetrazole rings is 1. The van der Waals surface area contributed by atoms with E-state index in [1.807, 2.05) is 41.7 Å². The van der Waals surface area contributed by atoms with Crippen LogP contribution in [0.1, 0.15) is 9.75 Å². The number of rotatable bonds is 7. The van der Waals surface area contributed by atoms with Gasteiger partial charge in [0.15, 0.2) is 0 Å². The average molecular weight is 368 g/mol. The Bertz CT molecular complexity index is 713. The lowest BCUT2D eigenvalue weighted by Gasteiger charge is -2.04. The molecule has 2 aromatic heterocycles. The molecule has 1 aromatic carbocycles. The fraction of sp³-hybridized carbons (Fsp3) is 0.267. The minimum Gasteiger partial charge on any atom is -0.311 e. The molecular weight excluding hydrogens is 350 g/mol. The van der Waals surface area contributed by atoms with Gasteiger partial charge in [-0.2, -0.15) is 4.68 Å². The van der Waals surface area contributed by atoms with Crippen LogP contribution in [-0.2, 0) is 6.54 Å². The second kappa shape index (κ2) is 9.02. The number of aryl methyl sites for hydroxylation is 1. The Morgan fingerprint density at radius 3 is 2.74 bits per heavy atom. The van der Waals surface area contributed by atoms with E-state index in [9.17, 15) is 0 Å². The summed E-state index contributed by atoms with van der Waals surface area (Å²) in [6.07, 6.45) is 0. The van der Waals surface area contributed by atoms with Gasteiger partial charge in [-0.15, -0.1) is 28.8 Å². The van der Waals surface area contributed by atoms with Crippen molar-refractivity contribution in [3.63, 3.8) is 0 Å². The summed E-state index contributed by atoms with van der Waals surface area (Å²) in [4.78, 5) is 2.73. The summed E-state index contributed by atoms with van der Waals surface area (Å²) in [6, 6.07) is 14.3. The molecule has 0 unspecified atom stereocenters. The van der Waals surface area contributed by atoms with Gasteiger partial charge in [0, 0.05) is 28.6 Å². The first-order valence-corrected chi connectivity index (χ1v) is 8.86. The second-order valence-electron chi connectivity index (χ2n) is 4.75. The lowest BCUT2D eigenvalue weighted by molar-refractivity contribution is 0.735. The van der Waals surface area contributed by atoms with E-state index in [1.54, 1.807) is 16.4 Å². The number of nitrogens with zero attached hydrogens (tertiary/aromatic N) is 4. The van der Waals surface area contributed by atoms with E-state index >= 15 is 0 Å². The van der Waals surface area contributed by atoms with Crippen LogP contribution in [-0.4, -0.2) is 32.5 Å². The Balaban J connectivity index is 0.00000192. The van der Waals surface area contributed by atoms with Crippen LogP contribution in [0.4, 0.5) is 0 Å². The maximum absolute atomic E-state index is 4.09. The van der Waals surface area contributed by atoms with Crippen LogP contribution in [0.25, 0.3) is 5.69 Å². The Labute approximate surface area is 149 Å². The van der Waals surface area contributed by atoms with Gasteiger partial charge in [0.25, 0.3) is 0 Å². The highest BCUT2D eigenvalue weighted by molar-refractivity contribution is 7.99. The van der Waals surface area contributed by atoms with Crippen molar-refractivity contribution in [1.29, 1.82) is 0 Å². The Morgan fingerprint density at radius 2 is 2.00 bits per heavy atom. The first-order chi connectivity index (χ1) is 10.8. The fourth-order valence-corrected chi connectivity index (χ4v) is 3.65. The molecule has 0 saturated heterocycles. The summed E-state index contributed by atoms with van der Waals surface area (Å²) >= 11 is 3.49. The predicted molar refractivity (Wildman–Crippen MR) is 97.9 cm³/mol. The molecule has 0 aliphatic rings. The highest BCUT2D eigenvalue weighted by Crippen LogP contribution is 2.17. The van der Waals surface area contributed by atoms with Crippen molar-refractivity contribution in [2.24, 2.45) is 0 Å². The fourth-order valence-electron chi connectivity index (χ4n) is 2.01. The van der Waals surface area contributed by atoms with Crippen LogP contribution in [0.15, 0.2) is 47.6 Å². The molecule has 3 aromatic rings. The molecule has 0 aliphatic carbocycles. The van der Waals surface area contributed by atoms with E-state index in [0.717, 1.165) is 29.7 Å². The molecule has 122 valence electrons. The number of thiophene rings is 1. The van der Waals surface area contributed by atoms with E-state index in [4.69, 9.17) is 0 Å². The second-order valence-corrected chi connectivity index (χ2v) is 7.18. The van der Waals surface area contributed by atoms with Crippen molar-refractivity contribution >= 4 is 35.5 Å². The van der Waals surface area contributed by atoms with Crippen molar-refractivity contribution < 1.29 is 0 Å². The Morgan fingerprint density at radius 1 is 1.17 bits per heavy atom. The molecule has 23 heavy (non-hydrogen) atoms. The molecule has 0 fully saturated rings. The van der Waals surface area contributed by atoms with Crippen molar-refractivity contribution in [1.82, 2.24) is 25.5 Å². The maximum atomic E-state index is 4.09. The van der Waals surface area contributed by atoms with Gasteiger partial charge >= 0.3 is 0 Å². The number of para-hydroxylation sites is 1. The standard InChI is InChI=1S/C15H17N5S2.ClH/c1-12-7-8-14(22-12)11-16-9-10-21-15-17-18-19-20(15)13-5-3-2-4-6-13;/h2-8,16H,9-11H2,1H3;1H. The molecule has 0 atom stereocenters. The summed E-state index contributed by atoms with van der Waals surface area (Å²) in [7, 11) is 0. The van der Waals surface area contributed by atoms with Crippen LogP contribution >= 0.6 is 35.5 Å². The number of nitrogens with one attached hydrogen (secondary N) is 1. The summed E-state index contributed by atoms with van der Waals surface area (Å²) in [5, 5.41) is 16.2. The maximum Gasteiger partial charge on any atom is 0.214 e. The molecule has 0 aliphatic heterocycles. The molecule has 0 saturated carbocycles. The smallest absolute Gasteiger partial charge is 0.214 e. The minimum atomic E-state index is 0. The highest BCUT2D eigenvalue weighted by atomic mass is 35.5. The minimum absolute atomic E-state index is 0. The van der Waals surface area contributed by atoms with Crippen LogP contribution in [0.2, 0.25) is 0 Å². The highest BCUT2D eigenvalue weighted by Gasteiger charge is 2.08. The normalized spacial score (nSPS) is 10.5. The van der Waals surface area contributed by atoms with Gasteiger partial charge < -0.3 is 5.32 Å². The first kappa shape index (κ1) is 17.9. The van der Waals surface area contributed by atoms with Gasteiger partial charge in [-0.05, 0) is 41.6 Å². The van der Waals surface area contributed by atoms with E-state index in [0.29, 0.717) is 0 Å². The lowest BCUT2D eigenvalue weighted by atomic mass is 10.3. The van der Waals surface area contributed by atoms with Crippen LogP contribution in [0.5, 0.6) is 0 Å². The zero-order valence-corrected chi connectivity index (χ0v) is 15.1. The number of hydrogen-bond donors (Lipinski definition) is 1. The number of aromatic nitrogens is 4. The molecule has 2 heterocycles. The van der Waals surface area contributed by atoms with Crippen LogP contribution in [0, 0.1) is 6.92 Å². The molecule has 1 N–H and O–H groups in total. The lowest BCUT2D eigenvalue weighted by Crippen LogP contribution is -2.16. The topological polar surface area (TPSA) is 55.6 Å². The van der Waals surface area contributed by atoms with Crippen molar-refractivity contribution in [2.75, 3.05) is 12.3 Å². The summed E-state index contributed by atoms with van der Waals surface area (Å²) in [5.74, 6) is 0.928. The van der Waals surface area contributed by atoms with Crippen LogP contribution in [0.3, 0.4) is 0 Å². The van der Waals surface area contributed by atoms with Gasteiger partial charge in [0.05, 0.1) is 5.69 Å². The molecule has 8 heteroatoms. The number of hydrogen-bond acceptors (Lipinski definition) is 6. The van der Waals surface area contributed by atoms with Crippen molar-refractivity contribution in [2.45, 2.75) is 18.6 Å². The number of halogens is 1. The van der Waals surface area contributed by atoms with Crippen molar-refractivity contribution in [3.05, 3.63) is 52.2 Å². The van der Waals surface area contributed by atoms with Gasteiger partial charge in [-0.1, -0.05) is 30.0 Å². The Kier molecular flexibility index (Phi) is 7.04. The monoisotopic (exact) mass is 367 g/mol. The zero-order valence-electron chi connectivity index (χ0n) is 12.7. The molecule has 0 bridgehead atoms. The van der Waals surface area contributed by atoms with Gasteiger partial charge in [-0.3, -0.25) is 0 Å².